The van der Waals surface area contributed by atoms with Crippen LogP contribution in [-0.2, 0) is 11.2 Å². The minimum absolute atomic E-state index is 0.229. The number of hydrogen-bond acceptors (Lipinski definition) is 3. The average molecular weight is 289 g/mol. The molecule has 2 aromatic rings. The second-order valence-electron chi connectivity index (χ2n) is 4.40. The summed E-state index contributed by atoms with van der Waals surface area (Å²) in [7, 11) is 0. The zero-order valence-electron chi connectivity index (χ0n) is 10.8. The molecule has 0 amide bonds. The van der Waals surface area contributed by atoms with Crippen molar-refractivity contribution in [2.75, 3.05) is 0 Å². The highest BCUT2D eigenvalue weighted by Gasteiger charge is 2.14. The maximum atomic E-state index is 13.1. The van der Waals surface area contributed by atoms with E-state index in [2.05, 4.69) is 4.98 Å². The monoisotopic (exact) mass is 289 g/mol. The van der Waals surface area contributed by atoms with Crippen LogP contribution in [-0.4, -0.2) is 26.9 Å². The molecule has 0 aliphatic rings. The Labute approximate surface area is 119 Å². The van der Waals surface area contributed by atoms with Gasteiger partial charge in [-0.2, -0.15) is 0 Å². The predicted molar refractivity (Wildman–Crippen MR) is 72.7 cm³/mol. The van der Waals surface area contributed by atoms with Crippen LogP contribution in [0.25, 0.3) is 0 Å². The third-order valence-electron chi connectivity index (χ3n) is 2.87. The Hall–Kier alpha value is -2.89. The van der Waals surface area contributed by atoms with E-state index in [1.165, 1.54) is 18.3 Å². The van der Waals surface area contributed by atoms with E-state index < -0.39 is 17.5 Å². The Morgan fingerprint density at radius 2 is 2.00 bits per heavy atom. The van der Waals surface area contributed by atoms with Crippen LogP contribution in [0.1, 0.15) is 21.5 Å². The number of carboxylic acid groups (broad SMARTS) is 1. The molecule has 6 heteroatoms. The molecule has 0 radical (unpaired) electrons. The number of aliphatic carboxylic acids is 1. The van der Waals surface area contributed by atoms with Crippen LogP contribution in [0.5, 0.6) is 0 Å². The molecule has 3 N–H and O–H groups in total. The summed E-state index contributed by atoms with van der Waals surface area (Å²) in [4.78, 5) is 25.1. The number of H-pyrrole nitrogens is 1. The first-order valence-corrected chi connectivity index (χ1v) is 6.05. The largest absolute Gasteiger partial charge is 0.502 e. The number of nitrogens with one attached hydrogen (secondary N) is 1. The minimum Gasteiger partial charge on any atom is -0.502 e. The zero-order valence-corrected chi connectivity index (χ0v) is 10.8. The quantitative estimate of drug-likeness (QED) is 0.448. The second-order valence-corrected chi connectivity index (χ2v) is 4.40. The van der Waals surface area contributed by atoms with Crippen LogP contribution in [0, 0.1) is 5.82 Å². The third-order valence-corrected chi connectivity index (χ3v) is 2.87. The Morgan fingerprint density at radius 1 is 1.24 bits per heavy atom. The maximum Gasteiger partial charge on any atom is 0.371 e. The van der Waals surface area contributed by atoms with Crippen LogP contribution in [0.4, 0.5) is 4.39 Å². The lowest BCUT2D eigenvalue weighted by Gasteiger charge is -2.02. The number of aromatic amines is 1. The highest BCUT2D eigenvalue weighted by Crippen LogP contribution is 2.16. The standard InChI is InChI=1S/C15H12FNO4/c16-11-3-1-2-9(5-11)4-10-7-17-8-12(10)13(18)6-14(19)15(20)21/h1-3,5-8,17,19H,4H2,(H,20,21)/b14-6-. The molecule has 0 saturated carbocycles. The molecule has 0 aliphatic heterocycles. The topological polar surface area (TPSA) is 90.4 Å². The van der Waals surface area contributed by atoms with E-state index in [0.29, 0.717) is 23.6 Å². The number of carbonyl (C=O) groups excluding carboxylic acids is 1. The Morgan fingerprint density at radius 3 is 2.67 bits per heavy atom. The fourth-order valence-corrected chi connectivity index (χ4v) is 1.90. The van der Waals surface area contributed by atoms with Gasteiger partial charge in [0.25, 0.3) is 0 Å². The molecule has 0 atom stereocenters. The van der Waals surface area contributed by atoms with Gasteiger partial charge in [0.1, 0.15) is 5.82 Å². The van der Waals surface area contributed by atoms with Gasteiger partial charge in [-0.1, -0.05) is 12.1 Å². The van der Waals surface area contributed by atoms with Crippen LogP contribution >= 0.6 is 0 Å². The molecule has 1 heterocycles. The molecule has 0 aliphatic carbocycles. The molecule has 2 rings (SSSR count). The highest BCUT2D eigenvalue weighted by molar-refractivity contribution is 6.08. The van der Waals surface area contributed by atoms with Crippen molar-refractivity contribution in [2.45, 2.75) is 6.42 Å². The van der Waals surface area contributed by atoms with Gasteiger partial charge in [-0.25, -0.2) is 9.18 Å². The van der Waals surface area contributed by atoms with E-state index in [9.17, 15) is 14.0 Å². The number of ketones is 1. The lowest BCUT2D eigenvalue weighted by Crippen LogP contribution is -2.05. The number of hydrogen-bond donors (Lipinski definition) is 3. The van der Waals surface area contributed by atoms with Crippen LogP contribution < -0.4 is 0 Å². The van der Waals surface area contributed by atoms with Gasteiger partial charge in [-0.05, 0) is 29.7 Å². The number of rotatable bonds is 5. The van der Waals surface area contributed by atoms with Gasteiger partial charge >= 0.3 is 5.97 Å². The van der Waals surface area contributed by atoms with E-state index >= 15 is 0 Å². The van der Waals surface area contributed by atoms with Crippen LogP contribution in [0.3, 0.4) is 0 Å². The second kappa shape index (κ2) is 6.04. The lowest BCUT2D eigenvalue weighted by atomic mass is 10.0. The number of carbonyl (C=O) groups is 2. The SMILES string of the molecule is O=C(O)/C(O)=C/C(=O)c1c[nH]cc1Cc1cccc(F)c1. The number of allylic oxidation sites excluding steroid dienone is 1. The summed E-state index contributed by atoms with van der Waals surface area (Å²) in [5.41, 5.74) is 1.49. The predicted octanol–water partition coefficient (Wildman–Crippen LogP) is 2.45. The zero-order chi connectivity index (χ0) is 15.4. The van der Waals surface area contributed by atoms with Gasteiger partial charge in [0.2, 0.25) is 5.76 Å². The number of aliphatic hydroxyl groups excluding tert-OH is 1. The number of aliphatic hydroxyl groups is 1. The number of aromatic nitrogens is 1. The summed E-state index contributed by atoms with van der Waals surface area (Å²) in [6.07, 6.45) is 3.93. The van der Waals surface area contributed by atoms with Crippen LogP contribution in [0.15, 0.2) is 48.5 Å². The molecule has 1 aromatic carbocycles. The van der Waals surface area contributed by atoms with E-state index in [1.54, 1.807) is 18.3 Å². The van der Waals surface area contributed by atoms with Crippen molar-refractivity contribution in [3.63, 3.8) is 0 Å². The molecule has 108 valence electrons. The molecule has 0 spiro atoms. The smallest absolute Gasteiger partial charge is 0.371 e. The molecular formula is C15H12FNO4. The highest BCUT2D eigenvalue weighted by atomic mass is 19.1. The summed E-state index contributed by atoms with van der Waals surface area (Å²) in [5.74, 6) is -3.62. The fourth-order valence-electron chi connectivity index (χ4n) is 1.90. The molecular weight excluding hydrogens is 277 g/mol. The molecule has 0 fully saturated rings. The number of benzene rings is 1. The first-order chi connectivity index (χ1) is 9.97. The van der Waals surface area contributed by atoms with Gasteiger partial charge in [0.05, 0.1) is 0 Å². The van der Waals surface area contributed by atoms with Gasteiger partial charge in [0, 0.05) is 24.0 Å². The van der Waals surface area contributed by atoms with Crippen molar-refractivity contribution >= 4 is 11.8 Å². The molecule has 21 heavy (non-hydrogen) atoms. The summed E-state index contributed by atoms with van der Waals surface area (Å²) < 4.78 is 13.1. The van der Waals surface area contributed by atoms with Crippen LogP contribution in [0.2, 0.25) is 0 Å². The van der Waals surface area contributed by atoms with Gasteiger partial charge in [-0.3, -0.25) is 4.79 Å². The maximum absolute atomic E-state index is 13.1. The average Bonchev–Trinajstić information content (AvgIpc) is 2.86. The number of carboxylic acids is 1. The van der Waals surface area contributed by atoms with E-state index in [-0.39, 0.29) is 11.4 Å². The van der Waals surface area contributed by atoms with Crippen molar-refractivity contribution in [1.29, 1.82) is 0 Å². The number of halogens is 1. The molecule has 0 saturated heterocycles. The van der Waals surface area contributed by atoms with E-state index in [0.717, 1.165) is 0 Å². The van der Waals surface area contributed by atoms with E-state index in [1.807, 2.05) is 0 Å². The summed E-state index contributed by atoms with van der Waals surface area (Å²) in [6, 6.07) is 5.95. The first-order valence-electron chi connectivity index (χ1n) is 6.05. The molecule has 1 aromatic heterocycles. The van der Waals surface area contributed by atoms with Crippen molar-refractivity contribution in [3.8, 4) is 0 Å². The van der Waals surface area contributed by atoms with Gasteiger partial charge < -0.3 is 15.2 Å². The van der Waals surface area contributed by atoms with Crippen molar-refractivity contribution in [3.05, 3.63) is 71.0 Å². The Bertz CT molecular complexity index is 718. The Balaban J connectivity index is 2.25. The fraction of sp³-hybridized carbons (Fsp3) is 0.0667. The van der Waals surface area contributed by atoms with Crippen molar-refractivity contribution in [2.24, 2.45) is 0 Å². The van der Waals surface area contributed by atoms with Crippen molar-refractivity contribution < 1.29 is 24.2 Å². The third kappa shape index (κ3) is 3.56. The van der Waals surface area contributed by atoms with Crippen molar-refractivity contribution in [1.82, 2.24) is 4.98 Å². The molecule has 0 bridgehead atoms. The van der Waals surface area contributed by atoms with E-state index in [4.69, 9.17) is 10.2 Å². The summed E-state index contributed by atoms with van der Waals surface area (Å²) >= 11 is 0. The normalized spacial score (nSPS) is 11.4. The molecule has 0 unspecified atom stereocenters. The lowest BCUT2D eigenvalue weighted by molar-refractivity contribution is -0.135. The molecule has 5 nitrogen and oxygen atoms in total. The first kappa shape index (κ1) is 14.5. The van der Waals surface area contributed by atoms with Gasteiger partial charge in [0.15, 0.2) is 5.78 Å². The van der Waals surface area contributed by atoms with Gasteiger partial charge in [-0.15, -0.1) is 0 Å². The Kier molecular flexibility index (Phi) is 4.18. The summed E-state index contributed by atoms with van der Waals surface area (Å²) in [6.45, 7) is 0. The minimum atomic E-state index is -1.58. The summed E-state index contributed by atoms with van der Waals surface area (Å²) in [5, 5.41) is 17.6.